The van der Waals surface area contributed by atoms with E-state index < -0.39 is 35.6 Å². The minimum atomic E-state index is -4.83. The molecule has 0 N–H and O–H groups in total. The van der Waals surface area contributed by atoms with Gasteiger partial charge in [-0.1, -0.05) is 0 Å². The number of nitriles is 1. The Morgan fingerprint density at radius 2 is 1.85 bits per heavy atom. The third-order valence-corrected chi connectivity index (χ3v) is 3.52. The van der Waals surface area contributed by atoms with Crippen molar-refractivity contribution in [2.75, 3.05) is 11.4 Å². The van der Waals surface area contributed by atoms with Gasteiger partial charge in [-0.25, -0.2) is 4.39 Å². The molecule has 0 atom stereocenters. The molecule has 9 heteroatoms. The summed E-state index contributed by atoms with van der Waals surface area (Å²) in [5.74, 6) is -1.23. The van der Waals surface area contributed by atoms with Gasteiger partial charge >= 0.3 is 6.18 Å². The summed E-state index contributed by atoms with van der Waals surface area (Å²) >= 11 is 0. The molecule has 1 aromatic carbocycles. The summed E-state index contributed by atoms with van der Waals surface area (Å²) in [6.07, 6.45) is -3.80. The maximum atomic E-state index is 13.1. The number of hydrogen-bond acceptors (Lipinski definition) is 3. The van der Waals surface area contributed by atoms with E-state index in [1.54, 1.807) is 0 Å². The van der Waals surface area contributed by atoms with Crippen LogP contribution in [0.15, 0.2) is 47.4 Å². The highest BCUT2D eigenvalue weighted by Crippen LogP contribution is 2.26. The molecular formula is C17H13F4N3O2. The van der Waals surface area contributed by atoms with E-state index in [0.717, 1.165) is 29.3 Å². The summed E-state index contributed by atoms with van der Waals surface area (Å²) in [6.45, 7) is -0.694. The molecule has 0 unspecified atom stereocenters. The molecule has 1 aromatic heterocycles. The van der Waals surface area contributed by atoms with Crippen LogP contribution in [-0.2, 0) is 17.5 Å². The second-order valence-corrected chi connectivity index (χ2v) is 5.28. The molecule has 2 rings (SSSR count). The van der Waals surface area contributed by atoms with Crippen molar-refractivity contribution in [3.8, 4) is 6.07 Å². The molecule has 1 amide bonds. The Hall–Kier alpha value is -3.15. The lowest BCUT2D eigenvalue weighted by atomic mass is 10.2. The fourth-order valence-corrected chi connectivity index (χ4v) is 2.29. The summed E-state index contributed by atoms with van der Waals surface area (Å²) in [7, 11) is 0. The van der Waals surface area contributed by atoms with Crippen molar-refractivity contribution in [2.24, 2.45) is 0 Å². The molecule has 5 nitrogen and oxygen atoms in total. The van der Waals surface area contributed by atoms with E-state index in [0.29, 0.717) is 10.6 Å². The predicted octanol–water partition coefficient (Wildman–Crippen LogP) is 2.95. The highest BCUT2D eigenvalue weighted by molar-refractivity contribution is 5.93. The largest absolute Gasteiger partial charge is 0.421 e. The Balaban J connectivity index is 2.32. The third kappa shape index (κ3) is 4.47. The van der Waals surface area contributed by atoms with Gasteiger partial charge in [-0.3, -0.25) is 9.59 Å². The summed E-state index contributed by atoms with van der Waals surface area (Å²) in [5, 5.41) is 8.72. The van der Waals surface area contributed by atoms with Gasteiger partial charge in [0.2, 0.25) is 5.91 Å². The number of benzene rings is 1. The Kier molecular flexibility index (Phi) is 5.77. The molecule has 1 heterocycles. The van der Waals surface area contributed by atoms with Gasteiger partial charge in [0, 0.05) is 18.4 Å². The van der Waals surface area contributed by atoms with E-state index in [4.69, 9.17) is 5.26 Å². The van der Waals surface area contributed by atoms with Crippen molar-refractivity contribution in [1.82, 2.24) is 4.57 Å². The number of anilines is 1. The molecule has 26 heavy (non-hydrogen) atoms. The zero-order valence-corrected chi connectivity index (χ0v) is 13.3. The molecule has 0 spiro atoms. The van der Waals surface area contributed by atoms with E-state index in [9.17, 15) is 27.2 Å². The SMILES string of the molecule is N#CCCN(C(=O)Cn1cccc(C(F)(F)F)c1=O)c1ccc(F)cc1. The van der Waals surface area contributed by atoms with Crippen molar-refractivity contribution in [1.29, 1.82) is 5.26 Å². The highest BCUT2D eigenvalue weighted by atomic mass is 19.4. The zero-order chi connectivity index (χ0) is 19.3. The van der Waals surface area contributed by atoms with Crippen LogP contribution in [0.25, 0.3) is 0 Å². The first-order valence-corrected chi connectivity index (χ1v) is 7.43. The van der Waals surface area contributed by atoms with Crippen LogP contribution in [0, 0.1) is 17.1 Å². The number of amides is 1. The number of hydrogen-bond donors (Lipinski definition) is 0. The maximum absolute atomic E-state index is 13.1. The van der Waals surface area contributed by atoms with Crippen LogP contribution in [0.1, 0.15) is 12.0 Å². The van der Waals surface area contributed by atoms with Crippen molar-refractivity contribution in [2.45, 2.75) is 19.1 Å². The van der Waals surface area contributed by atoms with Crippen molar-refractivity contribution < 1.29 is 22.4 Å². The van der Waals surface area contributed by atoms with Crippen LogP contribution in [-0.4, -0.2) is 17.0 Å². The van der Waals surface area contributed by atoms with Gasteiger partial charge in [0.25, 0.3) is 5.56 Å². The fraction of sp³-hybridized carbons (Fsp3) is 0.235. The molecule has 0 fully saturated rings. The molecule has 0 aliphatic heterocycles. The number of alkyl halides is 3. The van der Waals surface area contributed by atoms with E-state index in [2.05, 4.69) is 0 Å². The smallest absolute Gasteiger partial charge is 0.310 e. The number of carbonyl (C=O) groups excluding carboxylic acids is 1. The molecule has 0 saturated heterocycles. The first-order chi connectivity index (χ1) is 12.2. The molecule has 0 bridgehead atoms. The zero-order valence-electron chi connectivity index (χ0n) is 13.3. The van der Waals surface area contributed by atoms with Crippen molar-refractivity contribution in [3.05, 3.63) is 64.3 Å². The van der Waals surface area contributed by atoms with Crippen LogP contribution in [0.3, 0.4) is 0 Å². The topological polar surface area (TPSA) is 66.1 Å². The van der Waals surface area contributed by atoms with Gasteiger partial charge in [-0.05, 0) is 36.4 Å². The quantitative estimate of drug-likeness (QED) is 0.763. The molecule has 2 aromatic rings. The second-order valence-electron chi connectivity index (χ2n) is 5.28. The van der Waals surface area contributed by atoms with E-state index in [-0.39, 0.29) is 18.7 Å². The summed E-state index contributed by atoms with van der Waals surface area (Å²) in [5.41, 5.74) is -2.45. The second kappa shape index (κ2) is 7.82. The lowest BCUT2D eigenvalue weighted by Crippen LogP contribution is -2.38. The Bertz CT molecular complexity index is 883. The maximum Gasteiger partial charge on any atom is 0.421 e. The lowest BCUT2D eigenvalue weighted by molar-refractivity contribution is -0.139. The Morgan fingerprint density at radius 3 is 2.42 bits per heavy atom. The molecular weight excluding hydrogens is 354 g/mol. The number of rotatable bonds is 5. The molecule has 0 aliphatic rings. The first kappa shape index (κ1) is 19.2. The lowest BCUT2D eigenvalue weighted by Gasteiger charge is -2.22. The van der Waals surface area contributed by atoms with Gasteiger partial charge in [0.1, 0.15) is 17.9 Å². The average Bonchev–Trinajstić information content (AvgIpc) is 2.57. The number of nitrogens with zero attached hydrogens (tertiary/aromatic N) is 3. The van der Waals surface area contributed by atoms with Crippen LogP contribution < -0.4 is 10.5 Å². The van der Waals surface area contributed by atoms with Gasteiger partial charge in [0.15, 0.2) is 0 Å². The predicted molar refractivity (Wildman–Crippen MR) is 84.7 cm³/mol. The van der Waals surface area contributed by atoms with Crippen LogP contribution in [0.4, 0.5) is 23.2 Å². The molecule has 136 valence electrons. The molecule has 0 saturated carbocycles. The van der Waals surface area contributed by atoms with Crippen LogP contribution in [0.5, 0.6) is 0 Å². The van der Waals surface area contributed by atoms with Crippen molar-refractivity contribution in [3.63, 3.8) is 0 Å². The third-order valence-electron chi connectivity index (χ3n) is 3.52. The van der Waals surface area contributed by atoms with Gasteiger partial charge in [-0.2, -0.15) is 18.4 Å². The summed E-state index contributed by atoms with van der Waals surface area (Å²) in [6, 6.07) is 8.34. The number of carbonyl (C=O) groups is 1. The van der Waals surface area contributed by atoms with E-state index in [1.165, 1.54) is 12.1 Å². The monoisotopic (exact) mass is 367 g/mol. The molecule has 0 radical (unpaired) electrons. The van der Waals surface area contributed by atoms with Gasteiger partial charge in [-0.15, -0.1) is 0 Å². The highest BCUT2D eigenvalue weighted by Gasteiger charge is 2.34. The Morgan fingerprint density at radius 1 is 1.19 bits per heavy atom. The fourth-order valence-electron chi connectivity index (χ4n) is 2.29. The van der Waals surface area contributed by atoms with E-state index >= 15 is 0 Å². The minimum absolute atomic E-state index is 0.0411. The van der Waals surface area contributed by atoms with E-state index in [1.807, 2.05) is 6.07 Å². The molecule has 0 aliphatic carbocycles. The van der Waals surface area contributed by atoms with Gasteiger partial charge < -0.3 is 9.47 Å². The van der Waals surface area contributed by atoms with Crippen LogP contribution in [0.2, 0.25) is 0 Å². The number of pyridine rings is 1. The Labute approximate surface area is 145 Å². The van der Waals surface area contributed by atoms with Crippen LogP contribution >= 0.6 is 0 Å². The number of halogens is 4. The summed E-state index contributed by atoms with van der Waals surface area (Å²) < 4.78 is 52.1. The minimum Gasteiger partial charge on any atom is -0.310 e. The van der Waals surface area contributed by atoms with Gasteiger partial charge in [0.05, 0.1) is 12.5 Å². The summed E-state index contributed by atoms with van der Waals surface area (Å²) in [4.78, 5) is 25.6. The average molecular weight is 367 g/mol. The standard InChI is InChI=1S/C17H13F4N3O2/c18-12-4-6-13(7-5-12)24(10-2-8-22)15(25)11-23-9-1-3-14(16(23)26)17(19,20)21/h1,3-7,9H,2,10-11H2. The van der Waals surface area contributed by atoms with Crippen molar-refractivity contribution >= 4 is 11.6 Å². The first-order valence-electron chi connectivity index (χ1n) is 7.43. The number of aromatic nitrogens is 1. The normalized spacial score (nSPS) is 11.0.